The number of hydrogen-bond acceptors (Lipinski definition) is 3. The quantitative estimate of drug-likeness (QED) is 0.694. The molecule has 3 heteroatoms. The van der Waals surface area contributed by atoms with Crippen LogP contribution < -0.4 is 5.32 Å². The van der Waals surface area contributed by atoms with Crippen LogP contribution in [0, 0.1) is 5.41 Å². The molecule has 0 bridgehead atoms. The highest BCUT2D eigenvalue weighted by Gasteiger charge is 2.54. The molecule has 2 rings (SSSR count). The summed E-state index contributed by atoms with van der Waals surface area (Å²) in [6.45, 7) is 5.95. The van der Waals surface area contributed by atoms with Gasteiger partial charge in [0.15, 0.2) is 0 Å². The van der Waals surface area contributed by atoms with E-state index in [1.807, 2.05) is 0 Å². The highest BCUT2D eigenvalue weighted by atomic mass is 16.5. The van der Waals surface area contributed by atoms with Crippen LogP contribution in [0.3, 0.4) is 0 Å². The summed E-state index contributed by atoms with van der Waals surface area (Å²) in [7, 11) is 0. The van der Waals surface area contributed by atoms with E-state index in [9.17, 15) is 5.11 Å². The molecule has 1 heterocycles. The van der Waals surface area contributed by atoms with E-state index in [2.05, 4.69) is 19.2 Å². The van der Waals surface area contributed by atoms with E-state index in [0.29, 0.717) is 12.1 Å². The number of nitrogens with one attached hydrogen (secondary N) is 1. The number of aliphatic hydroxyl groups excluding tert-OH is 1. The van der Waals surface area contributed by atoms with Gasteiger partial charge in [-0.05, 0) is 19.3 Å². The van der Waals surface area contributed by atoms with Crippen molar-refractivity contribution in [1.29, 1.82) is 0 Å². The first-order chi connectivity index (χ1) is 6.65. The zero-order valence-electron chi connectivity index (χ0n) is 9.12. The van der Waals surface area contributed by atoms with Gasteiger partial charge in [-0.3, -0.25) is 0 Å². The minimum atomic E-state index is -0.109. The van der Waals surface area contributed by atoms with Crippen molar-refractivity contribution < 1.29 is 9.84 Å². The molecular weight excluding hydrogens is 178 g/mol. The molecule has 1 saturated heterocycles. The molecule has 0 aromatic rings. The minimum absolute atomic E-state index is 0.109. The summed E-state index contributed by atoms with van der Waals surface area (Å²) in [5, 5.41) is 13.5. The molecule has 0 aromatic heterocycles. The molecule has 1 spiro atoms. The average Bonchev–Trinajstić information content (AvgIpc) is 2.18. The second-order valence-electron chi connectivity index (χ2n) is 4.97. The van der Waals surface area contributed by atoms with Crippen LogP contribution in [0.1, 0.15) is 33.1 Å². The molecule has 0 unspecified atom stereocenters. The van der Waals surface area contributed by atoms with Crippen LogP contribution in [-0.2, 0) is 4.74 Å². The van der Waals surface area contributed by atoms with Crippen molar-refractivity contribution in [2.45, 2.75) is 51.3 Å². The van der Waals surface area contributed by atoms with E-state index in [0.717, 1.165) is 32.5 Å². The maximum absolute atomic E-state index is 9.91. The predicted octanol–water partition coefficient (Wildman–Crippen LogP) is 0.914. The number of hydrogen-bond donors (Lipinski definition) is 2. The van der Waals surface area contributed by atoms with Gasteiger partial charge < -0.3 is 15.2 Å². The van der Waals surface area contributed by atoms with Crippen LogP contribution in [0.25, 0.3) is 0 Å². The molecule has 0 amide bonds. The molecule has 0 aromatic carbocycles. The molecular formula is C11H21NO2. The number of rotatable bonds is 2. The first-order valence-electron chi connectivity index (χ1n) is 5.67. The standard InChI is InChI=1S/C11H21NO2/c1-8(2)12-9-7-10(13)11(9)3-5-14-6-4-11/h8-10,12-13H,3-7H2,1-2H3/t9-,10-/m0/s1. The van der Waals surface area contributed by atoms with Gasteiger partial charge in [-0.15, -0.1) is 0 Å². The Kier molecular flexibility index (Phi) is 2.82. The summed E-state index contributed by atoms with van der Waals surface area (Å²) in [6, 6.07) is 1.01. The fraction of sp³-hybridized carbons (Fsp3) is 1.00. The van der Waals surface area contributed by atoms with Crippen molar-refractivity contribution in [2.75, 3.05) is 13.2 Å². The van der Waals surface area contributed by atoms with Gasteiger partial charge in [-0.25, -0.2) is 0 Å². The summed E-state index contributed by atoms with van der Waals surface area (Å²) < 4.78 is 5.36. The summed E-state index contributed by atoms with van der Waals surface area (Å²) in [5.74, 6) is 0. The second kappa shape index (κ2) is 3.80. The summed E-state index contributed by atoms with van der Waals surface area (Å²) in [5.41, 5.74) is 0.127. The lowest BCUT2D eigenvalue weighted by molar-refractivity contribution is -0.150. The van der Waals surface area contributed by atoms with Crippen LogP contribution in [0.5, 0.6) is 0 Å². The van der Waals surface area contributed by atoms with E-state index >= 15 is 0 Å². The Labute approximate surface area is 85.8 Å². The maximum Gasteiger partial charge on any atom is 0.0628 e. The van der Waals surface area contributed by atoms with Gasteiger partial charge in [-0.1, -0.05) is 13.8 Å². The Hall–Kier alpha value is -0.120. The Morgan fingerprint density at radius 1 is 1.36 bits per heavy atom. The molecule has 3 nitrogen and oxygen atoms in total. The normalized spacial score (nSPS) is 36.0. The van der Waals surface area contributed by atoms with Crippen molar-refractivity contribution in [1.82, 2.24) is 5.32 Å². The van der Waals surface area contributed by atoms with Gasteiger partial charge in [0.1, 0.15) is 0 Å². The average molecular weight is 199 g/mol. The number of ether oxygens (including phenoxy) is 1. The van der Waals surface area contributed by atoms with Gasteiger partial charge in [0.25, 0.3) is 0 Å². The van der Waals surface area contributed by atoms with Crippen molar-refractivity contribution >= 4 is 0 Å². The van der Waals surface area contributed by atoms with Gasteiger partial charge in [0.2, 0.25) is 0 Å². The van der Waals surface area contributed by atoms with Crippen molar-refractivity contribution in [3.05, 3.63) is 0 Å². The van der Waals surface area contributed by atoms with Crippen molar-refractivity contribution in [2.24, 2.45) is 5.41 Å². The van der Waals surface area contributed by atoms with Crippen LogP contribution in [-0.4, -0.2) is 36.5 Å². The van der Waals surface area contributed by atoms with E-state index in [1.165, 1.54) is 0 Å². The third kappa shape index (κ3) is 1.58. The predicted molar refractivity (Wildman–Crippen MR) is 55.2 cm³/mol. The fourth-order valence-corrected chi connectivity index (χ4v) is 2.83. The molecule has 14 heavy (non-hydrogen) atoms. The smallest absolute Gasteiger partial charge is 0.0628 e. The summed E-state index contributed by atoms with van der Waals surface area (Å²) in [6.07, 6.45) is 2.83. The second-order valence-corrected chi connectivity index (χ2v) is 4.97. The Morgan fingerprint density at radius 2 is 2.00 bits per heavy atom. The Morgan fingerprint density at radius 3 is 2.50 bits per heavy atom. The van der Waals surface area contributed by atoms with Crippen molar-refractivity contribution in [3.63, 3.8) is 0 Å². The molecule has 1 saturated carbocycles. The molecule has 2 aliphatic rings. The Balaban J connectivity index is 1.99. The third-order valence-corrected chi connectivity index (χ3v) is 3.77. The van der Waals surface area contributed by atoms with Gasteiger partial charge in [0, 0.05) is 30.7 Å². The SMILES string of the molecule is CC(C)N[C@H]1C[C@H](O)C12CCOCC2. The van der Waals surface area contributed by atoms with Gasteiger partial charge in [-0.2, -0.15) is 0 Å². The number of aliphatic hydroxyl groups is 1. The largest absolute Gasteiger partial charge is 0.392 e. The highest BCUT2D eigenvalue weighted by molar-refractivity contribution is 5.08. The lowest BCUT2D eigenvalue weighted by atomic mass is 9.57. The fourth-order valence-electron chi connectivity index (χ4n) is 2.83. The monoisotopic (exact) mass is 199 g/mol. The Bertz CT molecular complexity index is 199. The molecule has 2 fully saturated rings. The lowest BCUT2D eigenvalue weighted by Gasteiger charge is -2.56. The summed E-state index contributed by atoms with van der Waals surface area (Å²) in [4.78, 5) is 0. The van der Waals surface area contributed by atoms with E-state index in [4.69, 9.17) is 4.74 Å². The third-order valence-electron chi connectivity index (χ3n) is 3.77. The molecule has 1 aliphatic carbocycles. The molecule has 82 valence electrons. The minimum Gasteiger partial charge on any atom is -0.392 e. The highest BCUT2D eigenvalue weighted by Crippen LogP contribution is 2.49. The van der Waals surface area contributed by atoms with Crippen molar-refractivity contribution in [3.8, 4) is 0 Å². The van der Waals surface area contributed by atoms with E-state index in [1.54, 1.807) is 0 Å². The van der Waals surface area contributed by atoms with Crippen LogP contribution in [0.2, 0.25) is 0 Å². The topological polar surface area (TPSA) is 41.5 Å². The van der Waals surface area contributed by atoms with E-state index < -0.39 is 0 Å². The first kappa shape index (κ1) is 10.4. The molecule has 2 atom stereocenters. The molecule has 0 radical (unpaired) electrons. The zero-order chi connectivity index (χ0) is 10.2. The summed E-state index contributed by atoms with van der Waals surface area (Å²) >= 11 is 0. The van der Waals surface area contributed by atoms with E-state index in [-0.39, 0.29) is 11.5 Å². The maximum atomic E-state index is 9.91. The van der Waals surface area contributed by atoms with Crippen LogP contribution in [0.4, 0.5) is 0 Å². The molecule has 1 aliphatic heterocycles. The van der Waals surface area contributed by atoms with Gasteiger partial charge in [0.05, 0.1) is 6.10 Å². The first-order valence-corrected chi connectivity index (χ1v) is 5.67. The molecule has 2 N–H and O–H groups in total. The van der Waals surface area contributed by atoms with Crippen LogP contribution in [0.15, 0.2) is 0 Å². The lowest BCUT2D eigenvalue weighted by Crippen LogP contribution is -2.65. The zero-order valence-corrected chi connectivity index (χ0v) is 9.12. The van der Waals surface area contributed by atoms with Crippen LogP contribution >= 0.6 is 0 Å². The van der Waals surface area contributed by atoms with Gasteiger partial charge >= 0.3 is 0 Å².